The van der Waals surface area contributed by atoms with Crippen molar-refractivity contribution in [3.05, 3.63) is 0 Å². The van der Waals surface area contributed by atoms with E-state index in [0.717, 1.165) is 19.4 Å². The van der Waals surface area contributed by atoms with Gasteiger partial charge in [0.25, 0.3) is 0 Å². The number of hydrogen-bond acceptors (Lipinski definition) is 4. The summed E-state index contributed by atoms with van der Waals surface area (Å²) in [5.74, 6) is -0.353. The van der Waals surface area contributed by atoms with Crippen LogP contribution in [-0.4, -0.2) is 48.7 Å². The van der Waals surface area contributed by atoms with E-state index < -0.39 is 11.7 Å². The van der Waals surface area contributed by atoms with Gasteiger partial charge in [-0.1, -0.05) is 13.3 Å². The normalized spacial score (nSPS) is 11.4. The Morgan fingerprint density at radius 1 is 1.26 bits per heavy atom. The Kier molecular flexibility index (Phi) is 8.14. The molecule has 0 atom stereocenters. The Hall–Kier alpha value is -1.30. The fraction of sp³-hybridized carbons (Fsp3) is 0.846. The molecule has 0 aromatic carbocycles. The van der Waals surface area contributed by atoms with E-state index in [1.54, 1.807) is 0 Å². The van der Waals surface area contributed by atoms with Gasteiger partial charge < -0.3 is 15.8 Å². The minimum Gasteiger partial charge on any atom is -0.444 e. The summed E-state index contributed by atoms with van der Waals surface area (Å²) in [6, 6.07) is 0. The van der Waals surface area contributed by atoms with Crippen LogP contribution in [0.25, 0.3) is 0 Å². The lowest BCUT2D eigenvalue weighted by Gasteiger charge is -2.22. The van der Waals surface area contributed by atoms with Crippen LogP contribution in [0.1, 0.15) is 40.5 Å². The van der Waals surface area contributed by atoms with Gasteiger partial charge in [0.2, 0.25) is 5.91 Å². The van der Waals surface area contributed by atoms with Crippen LogP contribution in [0.4, 0.5) is 4.79 Å². The zero-order valence-corrected chi connectivity index (χ0v) is 12.5. The zero-order valence-electron chi connectivity index (χ0n) is 12.5. The Bertz CT molecular complexity index is 287. The minimum absolute atomic E-state index is 0.218. The first-order valence-corrected chi connectivity index (χ1v) is 6.72. The van der Waals surface area contributed by atoms with E-state index in [-0.39, 0.29) is 12.5 Å². The average Bonchev–Trinajstić information content (AvgIpc) is 2.22. The number of unbranched alkanes of at least 4 members (excludes halogenated alkanes) is 1. The molecular weight excluding hydrogens is 246 g/mol. The Morgan fingerprint density at radius 2 is 1.89 bits per heavy atom. The molecule has 2 amide bonds. The van der Waals surface area contributed by atoms with Gasteiger partial charge in [0, 0.05) is 13.1 Å². The van der Waals surface area contributed by atoms with E-state index in [4.69, 9.17) is 10.5 Å². The van der Waals surface area contributed by atoms with Crippen LogP contribution in [0.3, 0.4) is 0 Å². The van der Waals surface area contributed by atoms with E-state index in [1.165, 1.54) is 0 Å². The summed E-state index contributed by atoms with van der Waals surface area (Å²) >= 11 is 0. The number of amides is 2. The summed E-state index contributed by atoms with van der Waals surface area (Å²) in [6.07, 6.45) is 1.61. The largest absolute Gasteiger partial charge is 0.444 e. The zero-order chi connectivity index (χ0) is 14.9. The average molecular weight is 273 g/mol. The van der Waals surface area contributed by atoms with Crippen LogP contribution in [-0.2, 0) is 9.53 Å². The first-order valence-electron chi connectivity index (χ1n) is 6.72. The quantitative estimate of drug-likeness (QED) is 0.693. The number of nitrogens with zero attached hydrogens (tertiary/aromatic N) is 1. The molecular formula is C13H27N3O3. The summed E-state index contributed by atoms with van der Waals surface area (Å²) < 4.78 is 5.12. The molecule has 6 nitrogen and oxygen atoms in total. The predicted octanol–water partition coefficient (Wildman–Crippen LogP) is 1.10. The number of ether oxygens (including phenoxy) is 1. The molecule has 0 aliphatic carbocycles. The third-order valence-electron chi connectivity index (χ3n) is 2.30. The lowest BCUT2D eigenvalue weighted by atomic mass is 10.2. The fourth-order valence-electron chi connectivity index (χ4n) is 1.50. The van der Waals surface area contributed by atoms with Crippen molar-refractivity contribution in [2.24, 2.45) is 5.73 Å². The molecule has 0 saturated heterocycles. The maximum Gasteiger partial charge on any atom is 0.407 e. The Morgan fingerprint density at radius 3 is 2.37 bits per heavy atom. The highest BCUT2D eigenvalue weighted by Crippen LogP contribution is 2.06. The number of alkyl carbamates (subject to hydrolysis) is 1. The molecule has 0 aromatic heterocycles. The van der Waals surface area contributed by atoms with Gasteiger partial charge in [-0.25, -0.2) is 4.79 Å². The number of primary amides is 1. The van der Waals surface area contributed by atoms with Crippen molar-refractivity contribution in [1.29, 1.82) is 0 Å². The van der Waals surface area contributed by atoms with E-state index >= 15 is 0 Å². The number of nitrogens with one attached hydrogen (secondary N) is 1. The standard InChI is InChI=1S/C13H27N3O3/c1-5-6-8-16(10-11(14)17)9-7-15-12(18)19-13(2,3)4/h5-10H2,1-4H3,(H2,14,17)(H,15,18). The third-order valence-corrected chi connectivity index (χ3v) is 2.30. The molecule has 3 N–H and O–H groups in total. The molecule has 0 rings (SSSR count). The monoisotopic (exact) mass is 273 g/mol. The molecule has 0 aromatic rings. The molecule has 112 valence electrons. The van der Waals surface area contributed by atoms with Gasteiger partial charge in [0.1, 0.15) is 5.60 Å². The van der Waals surface area contributed by atoms with Gasteiger partial charge in [-0.05, 0) is 33.7 Å². The number of carbonyl (C=O) groups excluding carboxylic acids is 2. The van der Waals surface area contributed by atoms with Crippen molar-refractivity contribution < 1.29 is 14.3 Å². The van der Waals surface area contributed by atoms with Crippen molar-refractivity contribution >= 4 is 12.0 Å². The number of hydrogen-bond donors (Lipinski definition) is 2. The molecule has 0 heterocycles. The Labute approximate surface area is 115 Å². The van der Waals surface area contributed by atoms with E-state index in [1.807, 2.05) is 25.7 Å². The van der Waals surface area contributed by atoms with Gasteiger partial charge in [0.15, 0.2) is 0 Å². The van der Waals surface area contributed by atoms with Gasteiger partial charge >= 0.3 is 6.09 Å². The molecule has 0 radical (unpaired) electrons. The summed E-state index contributed by atoms with van der Waals surface area (Å²) in [7, 11) is 0. The van der Waals surface area contributed by atoms with Gasteiger partial charge in [-0.3, -0.25) is 9.69 Å². The smallest absolute Gasteiger partial charge is 0.407 e. The summed E-state index contributed by atoms with van der Waals surface area (Å²) in [5, 5.41) is 2.66. The molecule has 0 unspecified atom stereocenters. The fourth-order valence-corrected chi connectivity index (χ4v) is 1.50. The molecule has 0 fully saturated rings. The number of carbonyl (C=O) groups is 2. The maximum absolute atomic E-state index is 11.4. The lowest BCUT2D eigenvalue weighted by Crippen LogP contribution is -2.41. The minimum atomic E-state index is -0.501. The van der Waals surface area contributed by atoms with Crippen LogP contribution in [0.5, 0.6) is 0 Å². The highest BCUT2D eigenvalue weighted by atomic mass is 16.6. The summed E-state index contributed by atoms with van der Waals surface area (Å²) in [6.45, 7) is 9.56. The summed E-state index contributed by atoms with van der Waals surface area (Å²) in [4.78, 5) is 24.3. The van der Waals surface area contributed by atoms with Crippen molar-refractivity contribution in [1.82, 2.24) is 10.2 Å². The summed E-state index contributed by atoms with van der Waals surface area (Å²) in [5.41, 5.74) is 4.69. The van der Waals surface area contributed by atoms with Crippen LogP contribution in [0.2, 0.25) is 0 Å². The van der Waals surface area contributed by atoms with Gasteiger partial charge in [-0.2, -0.15) is 0 Å². The molecule has 0 saturated carbocycles. The van der Waals surface area contributed by atoms with E-state index in [2.05, 4.69) is 12.2 Å². The second-order valence-electron chi connectivity index (χ2n) is 5.52. The second-order valence-corrected chi connectivity index (χ2v) is 5.52. The lowest BCUT2D eigenvalue weighted by molar-refractivity contribution is -0.119. The Balaban J connectivity index is 3.97. The molecule has 0 bridgehead atoms. The highest BCUT2D eigenvalue weighted by Gasteiger charge is 2.16. The molecule has 6 heteroatoms. The third kappa shape index (κ3) is 11.5. The predicted molar refractivity (Wildman–Crippen MR) is 74.8 cm³/mol. The van der Waals surface area contributed by atoms with Crippen LogP contribution in [0.15, 0.2) is 0 Å². The van der Waals surface area contributed by atoms with E-state index in [0.29, 0.717) is 13.1 Å². The molecule has 0 spiro atoms. The molecule has 0 aliphatic heterocycles. The van der Waals surface area contributed by atoms with Crippen molar-refractivity contribution in [2.45, 2.75) is 46.1 Å². The van der Waals surface area contributed by atoms with Crippen LogP contribution < -0.4 is 11.1 Å². The number of rotatable bonds is 8. The topological polar surface area (TPSA) is 84.7 Å². The van der Waals surface area contributed by atoms with Gasteiger partial charge in [0.05, 0.1) is 6.54 Å². The van der Waals surface area contributed by atoms with Gasteiger partial charge in [-0.15, -0.1) is 0 Å². The maximum atomic E-state index is 11.4. The van der Waals surface area contributed by atoms with Crippen LogP contribution in [0, 0.1) is 0 Å². The van der Waals surface area contributed by atoms with E-state index in [9.17, 15) is 9.59 Å². The SMILES string of the molecule is CCCCN(CCNC(=O)OC(C)(C)C)CC(N)=O. The molecule has 19 heavy (non-hydrogen) atoms. The highest BCUT2D eigenvalue weighted by molar-refractivity contribution is 5.75. The first kappa shape index (κ1) is 17.7. The number of nitrogens with two attached hydrogens (primary N) is 1. The van der Waals surface area contributed by atoms with Crippen molar-refractivity contribution in [2.75, 3.05) is 26.2 Å². The molecule has 0 aliphatic rings. The van der Waals surface area contributed by atoms with Crippen molar-refractivity contribution in [3.8, 4) is 0 Å². The van der Waals surface area contributed by atoms with Crippen LogP contribution >= 0.6 is 0 Å². The second kappa shape index (κ2) is 8.74. The first-order chi connectivity index (χ1) is 8.74. The van der Waals surface area contributed by atoms with Crippen molar-refractivity contribution in [3.63, 3.8) is 0 Å².